The maximum absolute atomic E-state index is 12.5. The Balaban J connectivity index is 1.58. The van der Waals surface area contributed by atoms with E-state index in [0.717, 1.165) is 25.8 Å². The van der Waals surface area contributed by atoms with Crippen LogP contribution in [-0.2, 0) is 0 Å². The molecule has 3 unspecified atom stereocenters. The van der Waals surface area contributed by atoms with Gasteiger partial charge in [0.1, 0.15) is 0 Å². The molecule has 0 radical (unpaired) electrons. The molecule has 1 aliphatic carbocycles. The number of aryl methyl sites for hydroxylation is 1. The predicted molar refractivity (Wildman–Crippen MR) is 82.5 cm³/mol. The summed E-state index contributed by atoms with van der Waals surface area (Å²) in [7, 11) is 0. The number of nitrogens with one attached hydrogen (secondary N) is 1. The van der Waals surface area contributed by atoms with Gasteiger partial charge >= 0.3 is 6.03 Å². The molecule has 3 rings (SSSR count). The minimum absolute atomic E-state index is 0.0692. The number of hydrogen-bond donors (Lipinski definition) is 1. The van der Waals surface area contributed by atoms with Crippen molar-refractivity contribution in [2.24, 2.45) is 5.92 Å². The first-order valence-electron chi connectivity index (χ1n) is 8.49. The van der Waals surface area contributed by atoms with E-state index in [1.165, 1.54) is 19.3 Å². The second-order valence-corrected chi connectivity index (χ2v) is 6.78. The van der Waals surface area contributed by atoms with Gasteiger partial charge in [-0.15, -0.1) is 0 Å². The van der Waals surface area contributed by atoms with Crippen LogP contribution < -0.4 is 5.32 Å². The van der Waals surface area contributed by atoms with Gasteiger partial charge in [-0.2, -0.15) is 4.98 Å². The van der Waals surface area contributed by atoms with Crippen LogP contribution in [0.3, 0.4) is 0 Å². The molecule has 0 aromatic carbocycles. The highest BCUT2D eigenvalue weighted by molar-refractivity contribution is 5.74. The maximum Gasteiger partial charge on any atom is 0.317 e. The number of urea groups is 1. The molecule has 2 aliphatic rings. The molecule has 22 heavy (non-hydrogen) atoms. The molecule has 1 aromatic heterocycles. The monoisotopic (exact) mass is 306 g/mol. The quantitative estimate of drug-likeness (QED) is 0.912. The fourth-order valence-corrected chi connectivity index (χ4v) is 3.62. The standard InChI is InChI=1S/C16H26N4O2/c1-11-6-3-4-8-14(11)18-16(21)20-9-5-7-13(10-20)15-17-12(2)19-22-15/h11,13-14H,3-10H2,1-2H3,(H,18,21). The van der Waals surface area contributed by atoms with Gasteiger partial charge in [-0.1, -0.05) is 24.9 Å². The topological polar surface area (TPSA) is 71.3 Å². The predicted octanol–water partition coefficient (Wildman–Crippen LogP) is 2.85. The van der Waals surface area contributed by atoms with E-state index in [9.17, 15) is 4.79 Å². The van der Waals surface area contributed by atoms with E-state index >= 15 is 0 Å². The first kappa shape index (κ1) is 15.3. The molecule has 1 aromatic rings. The Labute approximate surface area is 131 Å². The third kappa shape index (κ3) is 3.42. The summed E-state index contributed by atoms with van der Waals surface area (Å²) in [5.74, 6) is 2.08. The fourth-order valence-electron chi connectivity index (χ4n) is 3.62. The second-order valence-electron chi connectivity index (χ2n) is 6.78. The van der Waals surface area contributed by atoms with Crippen molar-refractivity contribution in [2.75, 3.05) is 13.1 Å². The van der Waals surface area contributed by atoms with Crippen LogP contribution in [0.2, 0.25) is 0 Å². The highest BCUT2D eigenvalue weighted by Gasteiger charge is 2.30. The van der Waals surface area contributed by atoms with E-state index in [1.54, 1.807) is 0 Å². The first-order valence-corrected chi connectivity index (χ1v) is 8.49. The lowest BCUT2D eigenvalue weighted by molar-refractivity contribution is 0.160. The van der Waals surface area contributed by atoms with Gasteiger partial charge in [-0.25, -0.2) is 4.79 Å². The zero-order valence-electron chi connectivity index (χ0n) is 13.5. The van der Waals surface area contributed by atoms with Crippen LogP contribution in [0.5, 0.6) is 0 Å². The van der Waals surface area contributed by atoms with Crippen LogP contribution >= 0.6 is 0 Å². The smallest absolute Gasteiger partial charge is 0.317 e. The summed E-state index contributed by atoms with van der Waals surface area (Å²) < 4.78 is 5.28. The van der Waals surface area contributed by atoms with Crippen molar-refractivity contribution < 1.29 is 9.32 Å². The zero-order valence-corrected chi connectivity index (χ0v) is 13.5. The lowest BCUT2D eigenvalue weighted by Gasteiger charge is -2.35. The molecule has 6 nitrogen and oxygen atoms in total. The zero-order chi connectivity index (χ0) is 15.5. The van der Waals surface area contributed by atoms with Gasteiger partial charge in [0.2, 0.25) is 5.89 Å². The Kier molecular flexibility index (Phi) is 4.64. The Morgan fingerprint density at radius 2 is 2.09 bits per heavy atom. The minimum Gasteiger partial charge on any atom is -0.339 e. The largest absolute Gasteiger partial charge is 0.339 e. The lowest BCUT2D eigenvalue weighted by Crippen LogP contribution is -2.50. The summed E-state index contributed by atoms with van der Waals surface area (Å²) in [5.41, 5.74) is 0. The molecular formula is C16H26N4O2. The van der Waals surface area contributed by atoms with Gasteiger partial charge in [-0.3, -0.25) is 0 Å². The molecule has 1 saturated carbocycles. The van der Waals surface area contributed by atoms with E-state index in [1.807, 2.05) is 11.8 Å². The van der Waals surface area contributed by atoms with Crippen LogP contribution in [0.4, 0.5) is 4.79 Å². The Morgan fingerprint density at radius 3 is 2.82 bits per heavy atom. The SMILES string of the molecule is Cc1noc(C2CCCN(C(=O)NC3CCCCC3C)C2)n1. The first-order chi connectivity index (χ1) is 10.6. The summed E-state index contributed by atoms with van der Waals surface area (Å²) in [5, 5.41) is 7.10. The summed E-state index contributed by atoms with van der Waals surface area (Å²) in [6, 6.07) is 0.395. The van der Waals surface area contributed by atoms with E-state index in [2.05, 4.69) is 22.4 Å². The molecule has 1 N–H and O–H groups in total. The van der Waals surface area contributed by atoms with Crippen molar-refractivity contribution in [3.8, 4) is 0 Å². The summed E-state index contributed by atoms with van der Waals surface area (Å²) in [4.78, 5) is 18.8. The number of carbonyl (C=O) groups is 1. The molecule has 2 amide bonds. The van der Waals surface area contributed by atoms with E-state index in [4.69, 9.17) is 4.52 Å². The molecule has 0 bridgehead atoms. The average Bonchev–Trinajstić information content (AvgIpc) is 2.96. The van der Waals surface area contributed by atoms with Crippen LogP contribution in [0, 0.1) is 12.8 Å². The van der Waals surface area contributed by atoms with Gasteiger partial charge in [0.15, 0.2) is 5.82 Å². The Morgan fingerprint density at radius 1 is 1.27 bits per heavy atom. The molecule has 1 saturated heterocycles. The van der Waals surface area contributed by atoms with Crippen molar-refractivity contribution in [1.29, 1.82) is 0 Å². The molecule has 2 fully saturated rings. The maximum atomic E-state index is 12.5. The van der Waals surface area contributed by atoms with E-state index in [-0.39, 0.29) is 11.9 Å². The van der Waals surface area contributed by atoms with Crippen LogP contribution in [0.1, 0.15) is 63.1 Å². The van der Waals surface area contributed by atoms with Crippen molar-refractivity contribution in [1.82, 2.24) is 20.4 Å². The highest BCUT2D eigenvalue weighted by atomic mass is 16.5. The van der Waals surface area contributed by atoms with Crippen LogP contribution in [0.15, 0.2) is 4.52 Å². The molecule has 1 aliphatic heterocycles. The molecule has 6 heteroatoms. The lowest BCUT2D eigenvalue weighted by atomic mass is 9.86. The summed E-state index contributed by atoms with van der Waals surface area (Å²) in [6.07, 6.45) is 6.82. The number of piperidine rings is 1. The van der Waals surface area contributed by atoms with Gasteiger partial charge in [-0.05, 0) is 38.5 Å². The van der Waals surface area contributed by atoms with E-state index in [0.29, 0.717) is 30.2 Å². The van der Waals surface area contributed by atoms with Crippen molar-refractivity contribution in [3.05, 3.63) is 11.7 Å². The van der Waals surface area contributed by atoms with Gasteiger partial charge in [0.25, 0.3) is 0 Å². The van der Waals surface area contributed by atoms with Crippen LogP contribution in [-0.4, -0.2) is 40.2 Å². The molecular weight excluding hydrogens is 280 g/mol. The number of nitrogens with zero attached hydrogens (tertiary/aromatic N) is 3. The molecule has 3 atom stereocenters. The van der Waals surface area contributed by atoms with Crippen molar-refractivity contribution >= 4 is 6.03 Å². The third-order valence-electron chi connectivity index (χ3n) is 5.02. The van der Waals surface area contributed by atoms with Gasteiger partial charge in [0.05, 0.1) is 5.92 Å². The van der Waals surface area contributed by atoms with Crippen molar-refractivity contribution in [2.45, 2.75) is 64.3 Å². The van der Waals surface area contributed by atoms with Crippen LogP contribution in [0.25, 0.3) is 0 Å². The van der Waals surface area contributed by atoms with E-state index < -0.39 is 0 Å². The molecule has 122 valence electrons. The molecule has 0 spiro atoms. The van der Waals surface area contributed by atoms with Gasteiger partial charge in [0, 0.05) is 19.1 Å². The minimum atomic E-state index is 0.0692. The number of aromatic nitrogens is 2. The van der Waals surface area contributed by atoms with Gasteiger partial charge < -0.3 is 14.7 Å². The highest BCUT2D eigenvalue weighted by Crippen LogP contribution is 2.27. The normalized spacial score (nSPS) is 29.4. The molecule has 2 heterocycles. The second kappa shape index (κ2) is 6.67. The van der Waals surface area contributed by atoms with Crippen molar-refractivity contribution in [3.63, 3.8) is 0 Å². The summed E-state index contributed by atoms with van der Waals surface area (Å²) in [6.45, 7) is 5.56. The third-order valence-corrected chi connectivity index (χ3v) is 5.02. The number of rotatable bonds is 2. The average molecular weight is 306 g/mol. The number of amides is 2. The Hall–Kier alpha value is -1.59. The number of carbonyl (C=O) groups excluding carboxylic acids is 1. The fraction of sp³-hybridized carbons (Fsp3) is 0.812. The Bertz CT molecular complexity index is 516. The number of hydrogen-bond acceptors (Lipinski definition) is 4. The number of likely N-dealkylation sites (tertiary alicyclic amines) is 1. The summed E-state index contributed by atoms with van der Waals surface area (Å²) >= 11 is 0.